The Hall–Kier alpha value is -3.65. The average Bonchev–Trinajstić information content (AvgIpc) is 3.17. The highest BCUT2D eigenvalue weighted by atomic mass is 32.2. The van der Waals surface area contributed by atoms with E-state index in [1.165, 1.54) is 30.3 Å². The minimum atomic E-state index is -3.83. The first-order valence-corrected chi connectivity index (χ1v) is 10.8. The summed E-state index contributed by atoms with van der Waals surface area (Å²) in [7, 11) is -3.83. The molecule has 0 aliphatic carbocycles. The Balaban J connectivity index is 1.57. The molecule has 0 spiro atoms. The van der Waals surface area contributed by atoms with Gasteiger partial charge in [0.1, 0.15) is 0 Å². The molecule has 2 amide bonds. The Morgan fingerprint density at radius 1 is 0.900 bits per heavy atom. The Kier molecular flexibility index (Phi) is 5.01. The first-order valence-electron chi connectivity index (χ1n) is 9.28. The lowest BCUT2D eigenvalue weighted by atomic mass is 10.1. The third-order valence-corrected chi connectivity index (χ3v) is 6.32. The van der Waals surface area contributed by atoms with Crippen LogP contribution in [0.25, 0.3) is 0 Å². The number of sulfonamides is 1. The van der Waals surface area contributed by atoms with Crippen molar-refractivity contribution in [1.82, 2.24) is 0 Å². The number of amides is 2. The standard InChI is InChI=1S/C22H19N3O4S/c23-21(26)15-6-8-18(9-7-15)24-30(28,29)19-10-11-20-17(14-19)12-13-25(20)22(27)16-4-2-1-3-5-16/h1-11,14,24H,12-13H2,(H2,23,26). The van der Waals surface area contributed by atoms with Crippen LogP contribution in [-0.2, 0) is 16.4 Å². The molecule has 0 radical (unpaired) electrons. The predicted octanol–water partition coefficient (Wildman–Crippen LogP) is 2.79. The number of fused-ring (bicyclic) bond motifs is 1. The number of carbonyl (C=O) groups excluding carboxylic acids is 2. The maximum absolute atomic E-state index is 12.8. The van der Waals surface area contributed by atoms with Gasteiger partial charge in [-0.05, 0) is 66.6 Å². The van der Waals surface area contributed by atoms with E-state index in [-0.39, 0.29) is 10.8 Å². The Morgan fingerprint density at radius 2 is 1.60 bits per heavy atom. The third kappa shape index (κ3) is 3.77. The van der Waals surface area contributed by atoms with Crippen molar-refractivity contribution in [2.75, 3.05) is 16.2 Å². The van der Waals surface area contributed by atoms with Crippen LogP contribution < -0.4 is 15.4 Å². The molecular formula is C22H19N3O4S. The van der Waals surface area contributed by atoms with E-state index in [1.807, 2.05) is 18.2 Å². The van der Waals surface area contributed by atoms with Crippen LogP contribution in [0.2, 0.25) is 0 Å². The van der Waals surface area contributed by atoms with Crippen molar-refractivity contribution in [2.45, 2.75) is 11.3 Å². The van der Waals surface area contributed by atoms with E-state index in [2.05, 4.69) is 4.72 Å². The van der Waals surface area contributed by atoms with Crippen molar-refractivity contribution in [3.05, 3.63) is 89.5 Å². The number of primary amides is 1. The molecule has 0 aromatic heterocycles. The highest BCUT2D eigenvalue weighted by Gasteiger charge is 2.27. The first kappa shape index (κ1) is 19.7. The van der Waals surface area contributed by atoms with Gasteiger partial charge in [0.15, 0.2) is 0 Å². The van der Waals surface area contributed by atoms with Gasteiger partial charge in [-0.2, -0.15) is 0 Å². The van der Waals surface area contributed by atoms with E-state index < -0.39 is 15.9 Å². The van der Waals surface area contributed by atoms with Crippen LogP contribution in [0.1, 0.15) is 26.3 Å². The van der Waals surface area contributed by atoms with Crippen LogP contribution in [0, 0.1) is 0 Å². The summed E-state index contributed by atoms with van der Waals surface area (Å²) in [6.45, 7) is 0.495. The minimum Gasteiger partial charge on any atom is -0.366 e. The van der Waals surface area contributed by atoms with Gasteiger partial charge in [-0.1, -0.05) is 18.2 Å². The molecule has 7 nitrogen and oxygen atoms in total. The van der Waals surface area contributed by atoms with Crippen molar-refractivity contribution >= 4 is 33.2 Å². The molecule has 30 heavy (non-hydrogen) atoms. The number of anilines is 2. The maximum atomic E-state index is 12.8. The van der Waals surface area contributed by atoms with Crippen molar-refractivity contribution in [3.63, 3.8) is 0 Å². The van der Waals surface area contributed by atoms with Crippen LogP contribution in [0.4, 0.5) is 11.4 Å². The summed E-state index contributed by atoms with van der Waals surface area (Å²) in [5.74, 6) is -0.699. The van der Waals surface area contributed by atoms with Crippen molar-refractivity contribution < 1.29 is 18.0 Å². The van der Waals surface area contributed by atoms with Crippen LogP contribution in [0.3, 0.4) is 0 Å². The molecule has 3 aromatic carbocycles. The van der Waals surface area contributed by atoms with Gasteiger partial charge in [0.25, 0.3) is 15.9 Å². The second-order valence-corrected chi connectivity index (χ2v) is 8.59. The molecule has 1 aliphatic rings. The molecule has 3 N–H and O–H groups in total. The van der Waals surface area contributed by atoms with E-state index in [9.17, 15) is 18.0 Å². The molecule has 0 atom stereocenters. The number of nitrogens with one attached hydrogen (secondary N) is 1. The topological polar surface area (TPSA) is 110 Å². The molecule has 0 saturated carbocycles. The molecule has 0 saturated heterocycles. The van der Waals surface area contributed by atoms with Crippen molar-refractivity contribution in [2.24, 2.45) is 5.73 Å². The molecule has 152 valence electrons. The maximum Gasteiger partial charge on any atom is 0.261 e. The fraction of sp³-hybridized carbons (Fsp3) is 0.0909. The second-order valence-electron chi connectivity index (χ2n) is 6.91. The molecule has 0 fully saturated rings. The summed E-state index contributed by atoms with van der Waals surface area (Å²) in [5, 5.41) is 0. The van der Waals surface area contributed by atoms with Crippen LogP contribution >= 0.6 is 0 Å². The first-order chi connectivity index (χ1) is 14.3. The summed E-state index contributed by atoms with van der Waals surface area (Å²) in [5.41, 5.74) is 7.91. The summed E-state index contributed by atoms with van der Waals surface area (Å²) in [4.78, 5) is 25.7. The smallest absolute Gasteiger partial charge is 0.261 e. The highest BCUT2D eigenvalue weighted by molar-refractivity contribution is 7.92. The van der Waals surface area contributed by atoms with Crippen molar-refractivity contribution in [3.8, 4) is 0 Å². The van der Waals surface area contributed by atoms with Crippen LogP contribution in [-0.4, -0.2) is 26.8 Å². The van der Waals surface area contributed by atoms with E-state index in [0.717, 1.165) is 5.56 Å². The number of nitrogens with two attached hydrogens (primary N) is 1. The minimum absolute atomic E-state index is 0.106. The van der Waals surface area contributed by atoms with Crippen LogP contribution in [0.15, 0.2) is 77.7 Å². The second kappa shape index (κ2) is 7.64. The number of benzene rings is 3. The molecule has 8 heteroatoms. The van der Waals surface area contributed by atoms with Gasteiger partial charge in [0.05, 0.1) is 4.90 Å². The Bertz CT molecular complexity index is 1220. The molecule has 1 heterocycles. The SMILES string of the molecule is NC(=O)c1ccc(NS(=O)(=O)c2ccc3c(c2)CCN3C(=O)c2ccccc2)cc1. The predicted molar refractivity (Wildman–Crippen MR) is 114 cm³/mol. The van der Waals surface area contributed by atoms with Gasteiger partial charge in [-0.15, -0.1) is 0 Å². The van der Waals surface area contributed by atoms with Crippen molar-refractivity contribution in [1.29, 1.82) is 0 Å². The lowest BCUT2D eigenvalue weighted by molar-refractivity contribution is 0.0985. The molecule has 4 rings (SSSR count). The molecular weight excluding hydrogens is 402 g/mol. The average molecular weight is 421 g/mol. The summed E-state index contributed by atoms with van der Waals surface area (Å²) in [6, 6.07) is 19.6. The fourth-order valence-electron chi connectivity index (χ4n) is 3.41. The molecule has 0 bridgehead atoms. The number of nitrogens with zero attached hydrogens (tertiary/aromatic N) is 1. The summed E-state index contributed by atoms with van der Waals surface area (Å²) < 4.78 is 28.0. The zero-order chi connectivity index (χ0) is 21.3. The van der Waals surface area contributed by atoms with Gasteiger partial charge in [-0.3, -0.25) is 14.3 Å². The van der Waals surface area contributed by atoms with Gasteiger partial charge in [-0.25, -0.2) is 8.42 Å². The lowest BCUT2D eigenvalue weighted by Gasteiger charge is -2.18. The number of hydrogen-bond acceptors (Lipinski definition) is 4. The zero-order valence-electron chi connectivity index (χ0n) is 15.9. The number of rotatable bonds is 5. The molecule has 1 aliphatic heterocycles. The van der Waals surface area contributed by atoms with Gasteiger partial charge >= 0.3 is 0 Å². The lowest BCUT2D eigenvalue weighted by Crippen LogP contribution is -2.28. The van der Waals surface area contributed by atoms with E-state index >= 15 is 0 Å². The largest absolute Gasteiger partial charge is 0.366 e. The quantitative estimate of drug-likeness (QED) is 0.660. The Morgan fingerprint density at radius 3 is 2.27 bits per heavy atom. The molecule has 0 unspecified atom stereocenters. The summed E-state index contributed by atoms with van der Waals surface area (Å²) >= 11 is 0. The number of carbonyl (C=O) groups is 2. The van der Waals surface area contributed by atoms with Crippen LogP contribution in [0.5, 0.6) is 0 Å². The van der Waals surface area contributed by atoms with Gasteiger partial charge in [0, 0.05) is 29.0 Å². The number of hydrogen-bond donors (Lipinski definition) is 2. The van der Waals surface area contributed by atoms with E-state index in [1.54, 1.807) is 29.2 Å². The normalized spacial score (nSPS) is 13.0. The third-order valence-electron chi connectivity index (χ3n) is 4.94. The summed E-state index contributed by atoms with van der Waals surface area (Å²) in [6.07, 6.45) is 0.574. The highest BCUT2D eigenvalue weighted by Crippen LogP contribution is 2.32. The van der Waals surface area contributed by atoms with Gasteiger partial charge in [0.2, 0.25) is 5.91 Å². The monoisotopic (exact) mass is 421 g/mol. The van der Waals surface area contributed by atoms with Gasteiger partial charge < -0.3 is 10.6 Å². The fourth-order valence-corrected chi connectivity index (χ4v) is 4.52. The van der Waals surface area contributed by atoms with E-state index in [0.29, 0.717) is 35.5 Å². The zero-order valence-corrected chi connectivity index (χ0v) is 16.7. The Labute approximate surface area is 174 Å². The molecule has 3 aromatic rings. The van der Waals surface area contributed by atoms with E-state index in [4.69, 9.17) is 5.73 Å².